The molecule has 0 amide bonds. The lowest BCUT2D eigenvalue weighted by Crippen LogP contribution is -2.08. The van der Waals surface area contributed by atoms with Crippen LogP contribution in [0, 0.1) is 53.4 Å². The summed E-state index contributed by atoms with van der Waals surface area (Å²) in [4.78, 5) is 0. The number of hydrogen-bond acceptors (Lipinski definition) is 0. The molecule has 1 fully saturated rings. The van der Waals surface area contributed by atoms with Crippen molar-refractivity contribution in [3.05, 3.63) is 106 Å². The normalized spacial score (nSPS) is 16.9. The van der Waals surface area contributed by atoms with E-state index < -0.39 is 0 Å². The van der Waals surface area contributed by atoms with Gasteiger partial charge in [0.1, 0.15) is 0 Å². The van der Waals surface area contributed by atoms with E-state index in [1.807, 2.05) is 0 Å². The summed E-state index contributed by atoms with van der Waals surface area (Å²) in [6, 6.07) is 25.3. The monoisotopic (exact) mass is 430 g/mol. The van der Waals surface area contributed by atoms with Gasteiger partial charge in [0.2, 0.25) is 0 Å². The van der Waals surface area contributed by atoms with Gasteiger partial charge in [-0.15, -0.1) is 0 Å². The van der Waals surface area contributed by atoms with Crippen molar-refractivity contribution in [2.45, 2.75) is 81.1 Å². The van der Waals surface area contributed by atoms with Gasteiger partial charge in [-0.05, 0) is 64.5 Å². The lowest BCUT2D eigenvalue weighted by molar-refractivity contribution is 0.308. The zero-order valence-electron chi connectivity index (χ0n) is 21.9. The maximum Gasteiger partial charge on any atom is -0.0395 e. The molecule has 3 aromatic rings. The first-order valence-corrected chi connectivity index (χ1v) is 12.3. The molecule has 0 N–H and O–H groups in total. The summed E-state index contributed by atoms with van der Waals surface area (Å²) in [5.74, 6) is 2.04. The van der Waals surface area contributed by atoms with Gasteiger partial charge in [0.05, 0.1) is 0 Å². The van der Waals surface area contributed by atoms with Crippen molar-refractivity contribution in [2.75, 3.05) is 0 Å². The summed E-state index contributed by atoms with van der Waals surface area (Å²) in [5.41, 5.74) is 8.07. The second kappa shape index (κ2) is 15.5. The van der Waals surface area contributed by atoms with Crippen molar-refractivity contribution in [1.29, 1.82) is 0 Å². The molecule has 0 nitrogen and oxygen atoms in total. The van der Waals surface area contributed by atoms with Crippen LogP contribution in [-0.2, 0) is 0 Å². The first-order chi connectivity index (χ1) is 15.2. The number of hydrogen-bond donors (Lipinski definition) is 0. The first kappa shape index (κ1) is 27.7. The summed E-state index contributed by atoms with van der Waals surface area (Å²) in [6.45, 7) is 17.4. The molecule has 3 aromatic carbocycles. The lowest BCUT2D eigenvalue weighted by atomic mass is 9.84. The Hall–Kier alpha value is -2.34. The van der Waals surface area contributed by atoms with Gasteiger partial charge in [-0.3, -0.25) is 0 Å². The maximum atomic E-state index is 2.37. The molecular formula is C32H46. The van der Waals surface area contributed by atoms with Crippen LogP contribution in [0.25, 0.3) is 0 Å². The van der Waals surface area contributed by atoms with E-state index >= 15 is 0 Å². The fourth-order valence-corrected chi connectivity index (χ4v) is 3.53. The number of benzene rings is 3. The Morgan fingerprint density at radius 2 is 0.781 bits per heavy atom. The van der Waals surface area contributed by atoms with E-state index in [0.717, 1.165) is 11.8 Å². The minimum absolute atomic E-state index is 1.02. The molecule has 32 heavy (non-hydrogen) atoms. The van der Waals surface area contributed by atoms with Gasteiger partial charge in [0, 0.05) is 0 Å². The molecule has 0 aromatic heterocycles. The Morgan fingerprint density at radius 1 is 0.438 bits per heavy atom. The standard InChI is InChI=1S/C8H16.3C8H10/c2*1-7-3-5-8(2)6-4-7;1-7-4-3-5-8(2)6-7;1-7-5-3-4-6-8(7)2/h7-8H,3-6H2,1-2H3;3*3-6H,1-2H3. The predicted octanol–water partition coefficient (Wildman–Crippen LogP) is 9.74. The van der Waals surface area contributed by atoms with E-state index in [2.05, 4.69) is 128 Å². The van der Waals surface area contributed by atoms with Crippen LogP contribution in [0.4, 0.5) is 0 Å². The van der Waals surface area contributed by atoms with Crippen LogP contribution in [0.3, 0.4) is 0 Å². The van der Waals surface area contributed by atoms with Crippen LogP contribution >= 0.6 is 0 Å². The van der Waals surface area contributed by atoms with Crippen molar-refractivity contribution < 1.29 is 0 Å². The minimum Gasteiger partial charge on any atom is -0.0625 e. The molecule has 0 radical (unpaired) electrons. The predicted molar refractivity (Wildman–Crippen MR) is 145 cm³/mol. The molecule has 174 valence electrons. The van der Waals surface area contributed by atoms with Crippen LogP contribution in [0.2, 0.25) is 0 Å². The highest BCUT2D eigenvalue weighted by molar-refractivity contribution is 5.23. The molecule has 0 spiro atoms. The topological polar surface area (TPSA) is 0 Å². The summed E-state index contributed by atoms with van der Waals surface area (Å²) in [7, 11) is 0. The van der Waals surface area contributed by atoms with Crippen molar-refractivity contribution in [1.82, 2.24) is 0 Å². The molecule has 0 heterocycles. The van der Waals surface area contributed by atoms with Crippen molar-refractivity contribution >= 4 is 0 Å². The SMILES string of the molecule is CC1CCC(C)CC1.Cc1ccc(C)cc1.Cc1cccc(C)c1.Cc1ccccc1C. The van der Waals surface area contributed by atoms with E-state index in [-0.39, 0.29) is 0 Å². The Bertz CT molecular complexity index is 795. The van der Waals surface area contributed by atoms with Crippen LogP contribution in [-0.4, -0.2) is 0 Å². The summed E-state index contributed by atoms with van der Waals surface area (Å²) < 4.78 is 0. The summed E-state index contributed by atoms with van der Waals surface area (Å²) in [6.07, 6.45) is 5.89. The highest BCUT2D eigenvalue weighted by atomic mass is 14.2. The van der Waals surface area contributed by atoms with E-state index in [1.54, 1.807) is 0 Å². The van der Waals surface area contributed by atoms with Crippen molar-refractivity contribution in [2.24, 2.45) is 11.8 Å². The molecule has 4 rings (SSSR count). The molecule has 1 saturated carbocycles. The highest BCUT2D eigenvalue weighted by Crippen LogP contribution is 2.27. The molecule has 0 heteroatoms. The Kier molecular flexibility index (Phi) is 13.4. The average Bonchev–Trinajstić information content (AvgIpc) is 2.76. The van der Waals surface area contributed by atoms with E-state index in [1.165, 1.54) is 59.1 Å². The second-order valence-electron chi connectivity index (χ2n) is 9.76. The van der Waals surface area contributed by atoms with Crippen LogP contribution in [0.1, 0.15) is 72.9 Å². The summed E-state index contributed by atoms with van der Waals surface area (Å²) in [5, 5.41) is 0. The van der Waals surface area contributed by atoms with Crippen molar-refractivity contribution in [3.8, 4) is 0 Å². The third-order valence-corrected chi connectivity index (χ3v) is 6.12. The van der Waals surface area contributed by atoms with Crippen LogP contribution < -0.4 is 0 Å². The molecule has 0 bridgehead atoms. The largest absolute Gasteiger partial charge is 0.0625 e. The third kappa shape index (κ3) is 13.2. The quantitative estimate of drug-likeness (QED) is 0.333. The van der Waals surface area contributed by atoms with Crippen LogP contribution in [0.15, 0.2) is 72.8 Å². The number of rotatable bonds is 0. The number of aryl methyl sites for hydroxylation is 6. The molecule has 0 unspecified atom stereocenters. The zero-order chi connectivity index (χ0) is 23.9. The van der Waals surface area contributed by atoms with Gasteiger partial charge >= 0.3 is 0 Å². The minimum atomic E-state index is 1.02. The average molecular weight is 431 g/mol. The highest BCUT2D eigenvalue weighted by Gasteiger charge is 2.13. The first-order valence-electron chi connectivity index (χ1n) is 12.3. The van der Waals surface area contributed by atoms with E-state index in [4.69, 9.17) is 0 Å². The van der Waals surface area contributed by atoms with Gasteiger partial charge in [-0.2, -0.15) is 0 Å². The zero-order valence-corrected chi connectivity index (χ0v) is 21.9. The fraction of sp³-hybridized carbons (Fsp3) is 0.438. The van der Waals surface area contributed by atoms with E-state index in [0.29, 0.717) is 0 Å². The van der Waals surface area contributed by atoms with Gasteiger partial charge in [-0.25, -0.2) is 0 Å². The van der Waals surface area contributed by atoms with Crippen molar-refractivity contribution in [3.63, 3.8) is 0 Å². The van der Waals surface area contributed by atoms with Gasteiger partial charge in [0.25, 0.3) is 0 Å². The second-order valence-corrected chi connectivity index (χ2v) is 9.76. The molecular weight excluding hydrogens is 384 g/mol. The Morgan fingerprint density at radius 3 is 1.03 bits per heavy atom. The third-order valence-electron chi connectivity index (χ3n) is 6.12. The molecule has 1 aliphatic rings. The van der Waals surface area contributed by atoms with Gasteiger partial charge in [0.15, 0.2) is 0 Å². The molecule has 0 atom stereocenters. The fourth-order valence-electron chi connectivity index (χ4n) is 3.53. The van der Waals surface area contributed by atoms with E-state index in [9.17, 15) is 0 Å². The molecule has 0 saturated heterocycles. The van der Waals surface area contributed by atoms with Crippen LogP contribution in [0.5, 0.6) is 0 Å². The Balaban J connectivity index is 0.000000213. The molecule has 0 aliphatic heterocycles. The Labute approximate surface area is 199 Å². The lowest BCUT2D eigenvalue weighted by Gasteiger charge is -2.22. The maximum absolute atomic E-state index is 2.37. The van der Waals surface area contributed by atoms with Gasteiger partial charge in [-0.1, -0.05) is 135 Å². The van der Waals surface area contributed by atoms with Gasteiger partial charge < -0.3 is 0 Å². The molecule has 1 aliphatic carbocycles. The smallest absolute Gasteiger partial charge is 0.0395 e. The summed E-state index contributed by atoms with van der Waals surface area (Å²) >= 11 is 0.